The van der Waals surface area contributed by atoms with Gasteiger partial charge in [-0.15, -0.1) is 23.1 Å². The number of urea groups is 1. The number of aromatic nitrogens is 2. The minimum atomic E-state index is -0.111. The van der Waals surface area contributed by atoms with Gasteiger partial charge in [0.1, 0.15) is 0 Å². The number of thioether (sulfide) groups is 1. The van der Waals surface area contributed by atoms with E-state index in [1.165, 1.54) is 37.0 Å². The minimum Gasteiger partial charge on any atom is -0.294 e. The molecule has 28 heavy (non-hydrogen) atoms. The zero-order chi connectivity index (χ0) is 19.5. The third kappa shape index (κ3) is 4.50. The Hall–Kier alpha value is -1.64. The number of anilines is 2. The number of fused-ring (bicyclic) bond motifs is 1. The third-order valence-corrected chi connectivity index (χ3v) is 7.88. The van der Waals surface area contributed by atoms with Crippen LogP contribution in [0.25, 0.3) is 10.2 Å². The van der Waals surface area contributed by atoms with Crippen LogP contribution in [0.1, 0.15) is 37.6 Å². The largest absolute Gasteiger partial charge is 0.328 e. The van der Waals surface area contributed by atoms with E-state index in [1.54, 1.807) is 23.1 Å². The second-order valence-electron chi connectivity index (χ2n) is 6.99. The first-order valence-electron chi connectivity index (χ1n) is 9.66. The third-order valence-electron chi connectivity index (χ3n) is 4.94. The smallest absolute Gasteiger partial charge is 0.294 e. The topological polar surface area (TPSA) is 58.1 Å². The van der Waals surface area contributed by atoms with Crippen molar-refractivity contribution < 1.29 is 4.79 Å². The number of hydrogen-bond donors (Lipinski definition) is 1. The van der Waals surface area contributed by atoms with Gasteiger partial charge in [-0.25, -0.2) is 14.8 Å². The second kappa shape index (κ2) is 8.80. The van der Waals surface area contributed by atoms with Crippen LogP contribution in [0.3, 0.4) is 0 Å². The fourth-order valence-electron chi connectivity index (χ4n) is 3.64. The van der Waals surface area contributed by atoms with Crippen LogP contribution < -0.4 is 10.2 Å². The summed E-state index contributed by atoms with van der Waals surface area (Å²) in [5.41, 5.74) is 1.86. The molecule has 1 N–H and O–H groups in total. The first kappa shape index (κ1) is 19.7. The normalized spacial score (nSPS) is 14.6. The van der Waals surface area contributed by atoms with Crippen molar-refractivity contribution in [3.05, 3.63) is 29.4 Å². The van der Waals surface area contributed by atoms with Gasteiger partial charge in [-0.1, -0.05) is 31.1 Å². The maximum atomic E-state index is 13.2. The Morgan fingerprint density at radius 2 is 2.14 bits per heavy atom. The molecule has 2 amide bonds. The number of amides is 2. The van der Waals surface area contributed by atoms with Crippen molar-refractivity contribution in [2.24, 2.45) is 5.92 Å². The summed E-state index contributed by atoms with van der Waals surface area (Å²) >= 11 is 4.95. The maximum Gasteiger partial charge on any atom is 0.328 e. The van der Waals surface area contributed by atoms with E-state index in [0.717, 1.165) is 37.4 Å². The number of thiazole rings is 2. The molecule has 5 nitrogen and oxygen atoms in total. The number of carbonyl (C=O) groups is 1. The lowest BCUT2D eigenvalue weighted by atomic mass is 10.1. The average Bonchev–Trinajstić information content (AvgIpc) is 3.40. The molecule has 0 spiro atoms. The van der Waals surface area contributed by atoms with Gasteiger partial charge in [-0.3, -0.25) is 10.2 Å². The molecule has 148 valence electrons. The van der Waals surface area contributed by atoms with Gasteiger partial charge in [-0.2, -0.15) is 0 Å². The van der Waals surface area contributed by atoms with E-state index in [2.05, 4.69) is 28.3 Å². The summed E-state index contributed by atoms with van der Waals surface area (Å²) in [7, 11) is 0. The van der Waals surface area contributed by atoms with Crippen molar-refractivity contribution in [1.29, 1.82) is 0 Å². The van der Waals surface area contributed by atoms with Crippen LogP contribution in [0, 0.1) is 12.8 Å². The van der Waals surface area contributed by atoms with E-state index >= 15 is 0 Å². The fraction of sp³-hybridized carbons (Fsp3) is 0.450. The molecular weight excluding hydrogens is 408 g/mol. The van der Waals surface area contributed by atoms with Gasteiger partial charge in [0, 0.05) is 12.2 Å². The molecule has 0 radical (unpaired) electrons. The molecule has 1 fully saturated rings. The molecule has 3 aromatic rings. The van der Waals surface area contributed by atoms with Gasteiger partial charge >= 0.3 is 6.03 Å². The number of nitrogens with one attached hydrogen (secondary N) is 1. The van der Waals surface area contributed by atoms with Crippen LogP contribution in [-0.4, -0.2) is 28.3 Å². The molecule has 1 saturated carbocycles. The molecule has 0 atom stereocenters. The van der Waals surface area contributed by atoms with Crippen LogP contribution in [0.2, 0.25) is 0 Å². The Morgan fingerprint density at radius 3 is 2.93 bits per heavy atom. The molecule has 1 aliphatic carbocycles. The number of hydrogen-bond acceptors (Lipinski definition) is 6. The minimum absolute atomic E-state index is 0.111. The Morgan fingerprint density at radius 1 is 1.32 bits per heavy atom. The van der Waals surface area contributed by atoms with Gasteiger partial charge in [0.05, 0.1) is 25.6 Å². The highest BCUT2D eigenvalue weighted by Crippen LogP contribution is 2.32. The van der Waals surface area contributed by atoms with E-state index in [4.69, 9.17) is 0 Å². The number of nitrogens with zero attached hydrogens (tertiary/aromatic N) is 3. The molecule has 0 aliphatic heterocycles. The Balaban J connectivity index is 1.58. The summed E-state index contributed by atoms with van der Waals surface area (Å²) in [6.07, 6.45) is 6.73. The van der Waals surface area contributed by atoms with Crippen LogP contribution in [0.15, 0.2) is 28.6 Å². The molecule has 0 unspecified atom stereocenters. The summed E-state index contributed by atoms with van der Waals surface area (Å²) in [6, 6.07) is 6.03. The van der Waals surface area contributed by atoms with Gasteiger partial charge in [0.2, 0.25) is 0 Å². The highest BCUT2D eigenvalue weighted by atomic mass is 32.2. The van der Waals surface area contributed by atoms with Gasteiger partial charge in [0.15, 0.2) is 5.13 Å². The van der Waals surface area contributed by atoms with Crippen molar-refractivity contribution in [2.45, 2.75) is 43.7 Å². The van der Waals surface area contributed by atoms with Crippen molar-refractivity contribution in [1.82, 2.24) is 9.97 Å². The van der Waals surface area contributed by atoms with Crippen LogP contribution in [0.5, 0.6) is 0 Å². The van der Waals surface area contributed by atoms with Gasteiger partial charge < -0.3 is 0 Å². The summed E-state index contributed by atoms with van der Waals surface area (Å²) in [6.45, 7) is 4.87. The summed E-state index contributed by atoms with van der Waals surface area (Å²) < 4.78 is 2.28. The van der Waals surface area contributed by atoms with E-state index in [0.29, 0.717) is 11.0 Å². The Kier molecular flexibility index (Phi) is 6.18. The molecule has 8 heteroatoms. The van der Waals surface area contributed by atoms with Crippen molar-refractivity contribution in [3.8, 4) is 0 Å². The Labute approximate surface area is 177 Å². The standard InChI is InChI=1S/C20H24N4OS3/c1-3-26-18-11-21-19(28-18)23-20(25)24(12-14-6-4-5-7-14)15-8-9-17-16(10-15)22-13(2)27-17/h8-11,14H,3-7,12H2,1-2H3,(H,21,23,25). The number of benzene rings is 1. The lowest BCUT2D eigenvalue weighted by molar-refractivity contribution is 0.255. The number of rotatable bonds is 6. The monoisotopic (exact) mass is 432 g/mol. The average molecular weight is 433 g/mol. The number of carbonyl (C=O) groups excluding carboxylic acids is 1. The van der Waals surface area contributed by atoms with Crippen LogP contribution >= 0.6 is 34.4 Å². The van der Waals surface area contributed by atoms with Gasteiger partial charge in [0.25, 0.3) is 0 Å². The van der Waals surface area contributed by atoms with Crippen molar-refractivity contribution >= 4 is 61.5 Å². The predicted molar refractivity (Wildman–Crippen MR) is 121 cm³/mol. The lowest BCUT2D eigenvalue weighted by Crippen LogP contribution is -2.38. The first-order valence-corrected chi connectivity index (χ1v) is 12.3. The molecule has 2 aromatic heterocycles. The van der Waals surface area contributed by atoms with Crippen molar-refractivity contribution in [3.63, 3.8) is 0 Å². The fourth-order valence-corrected chi connectivity index (χ4v) is 6.23. The summed E-state index contributed by atoms with van der Waals surface area (Å²) in [5.74, 6) is 1.55. The Bertz CT molecular complexity index is 961. The highest BCUT2D eigenvalue weighted by Gasteiger charge is 2.24. The summed E-state index contributed by atoms with van der Waals surface area (Å²) in [5, 5.41) is 4.71. The highest BCUT2D eigenvalue weighted by molar-refractivity contribution is 8.01. The maximum absolute atomic E-state index is 13.2. The van der Waals surface area contributed by atoms with Crippen molar-refractivity contribution in [2.75, 3.05) is 22.5 Å². The quantitative estimate of drug-likeness (QED) is 0.458. The molecule has 2 heterocycles. The molecule has 0 bridgehead atoms. The molecule has 1 aromatic carbocycles. The summed E-state index contributed by atoms with van der Waals surface area (Å²) in [4.78, 5) is 24.0. The van der Waals surface area contributed by atoms with E-state index in [9.17, 15) is 4.79 Å². The zero-order valence-electron chi connectivity index (χ0n) is 16.1. The van der Waals surface area contributed by atoms with E-state index in [-0.39, 0.29) is 6.03 Å². The molecule has 0 saturated heterocycles. The lowest BCUT2D eigenvalue weighted by Gasteiger charge is -2.25. The predicted octanol–water partition coefficient (Wildman–Crippen LogP) is 6.40. The SMILES string of the molecule is CCSc1cnc(NC(=O)N(CC2CCCC2)c2ccc3sc(C)nc3c2)s1. The first-order chi connectivity index (χ1) is 13.6. The van der Waals surface area contributed by atoms with Crippen LogP contribution in [-0.2, 0) is 0 Å². The number of aryl methyl sites for hydroxylation is 1. The molecular formula is C20H24N4OS3. The zero-order valence-corrected chi connectivity index (χ0v) is 18.6. The van der Waals surface area contributed by atoms with Crippen LogP contribution in [0.4, 0.5) is 15.6 Å². The van der Waals surface area contributed by atoms with E-state index < -0.39 is 0 Å². The molecule has 4 rings (SSSR count). The van der Waals surface area contributed by atoms with Gasteiger partial charge in [-0.05, 0) is 49.6 Å². The molecule has 1 aliphatic rings. The van der Waals surface area contributed by atoms with E-state index in [1.807, 2.05) is 30.2 Å². The second-order valence-corrected chi connectivity index (χ2v) is 10.8.